The summed E-state index contributed by atoms with van der Waals surface area (Å²) in [6.45, 7) is 3.85. The highest BCUT2D eigenvalue weighted by atomic mass is 16.3. The third-order valence-corrected chi connectivity index (χ3v) is 10.3. The number of pyridine rings is 1. The van der Waals surface area contributed by atoms with Crippen LogP contribution in [0.15, 0.2) is 73.1 Å². The number of carbonyl (C=O) groups is 2. The lowest BCUT2D eigenvalue weighted by Gasteiger charge is -2.31. The zero-order valence-electron chi connectivity index (χ0n) is 28.2. The molecule has 6 N–H and O–H groups in total. The Bertz CT molecular complexity index is 2270. The molecule has 2 saturated heterocycles. The summed E-state index contributed by atoms with van der Waals surface area (Å²) in [5.74, 6) is 0.913. The minimum atomic E-state index is -0.511. The molecule has 260 valence electrons. The molecule has 0 saturated carbocycles. The molecule has 2 amide bonds. The molecular weight excluding hydrogens is 644 g/mol. The lowest BCUT2D eigenvalue weighted by atomic mass is 9.96. The van der Waals surface area contributed by atoms with E-state index in [1.165, 1.54) is 0 Å². The number of fused-ring (bicyclic) bond motifs is 3. The number of amides is 2. The van der Waals surface area contributed by atoms with Crippen LogP contribution in [0.2, 0.25) is 0 Å². The van der Waals surface area contributed by atoms with Crippen LogP contribution in [-0.4, -0.2) is 71.0 Å². The van der Waals surface area contributed by atoms with Crippen molar-refractivity contribution < 1.29 is 14.7 Å². The van der Waals surface area contributed by atoms with E-state index in [-0.39, 0.29) is 17.6 Å². The fourth-order valence-electron chi connectivity index (χ4n) is 7.62. The van der Waals surface area contributed by atoms with Crippen molar-refractivity contribution >= 4 is 45.4 Å². The lowest BCUT2D eigenvalue weighted by molar-refractivity contribution is -0.135. The van der Waals surface area contributed by atoms with Crippen LogP contribution >= 0.6 is 0 Å². The number of aromatic nitrogens is 6. The van der Waals surface area contributed by atoms with Crippen molar-refractivity contribution in [1.29, 1.82) is 0 Å². The fourth-order valence-corrected chi connectivity index (χ4v) is 7.62. The largest absolute Gasteiger partial charge is 0.507 e. The smallest absolute Gasteiger partial charge is 0.249 e. The first-order chi connectivity index (χ1) is 24.8. The Kier molecular flexibility index (Phi) is 8.56. The summed E-state index contributed by atoms with van der Waals surface area (Å²) in [6.07, 6.45) is 8.48. The maximum absolute atomic E-state index is 12.8. The van der Waals surface area contributed by atoms with Gasteiger partial charge in [-0.15, -0.1) is 10.2 Å². The number of nitrogens with two attached hydrogens (primary N) is 2. The molecule has 6 heterocycles. The average molecular weight is 685 g/mol. The van der Waals surface area contributed by atoms with E-state index in [0.717, 1.165) is 84.8 Å². The molecule has 0 spiro atoms. The van der Waals surface area contributed by atoms with Crippen molar-refractivity contribution in [3.63, 3.8) is 0 Å². The molecule has 6 aromatic rings. The van der Waals surface area contributed by atoms with Gasteiger partial charge in [0.1, 0.15) is 23.3 Å². The van der Waals surface area contributed by atoms with Gasteiger partial charge in [-0.1, -0.05) is 30.3 Å². The number of hydrogen-bond acceptors (Lipinski definition) is 10. The topological polar surface area (TPSA) is 183 Å². The summed E-state index contributed by atoms with van der Waals surface area (Å²) in [6, 6.07) is 18.5. The Hall–Kier alpha value is -5.82. The van der Waals surface area contributed by atoms with Crippen molar-refractivity contribution in [1.82, 2.24) is 39.7 Å². The average Bonchev–Trinajstić information content (AvgIpc) is 3.72. The third kappa shape index (κ3) is 6.36. The van der Waals surface area contributed by atoms with Crippen molar-refractivity contribution in [3.05, 3.63) is 78.6 Å². The predicted molar refractivity (Wildman–Crippen MR) is 195 cm³/mol. The maximum Gasteiger partial charge on any atom is 0.249 e. The summed E-state index contributed by atoms with van der Waals surface area (Å²) in [5.41, 5.74) is 18.1. The van der Waals surface area contributed by atoms with Crippen LogP contribution < -0.4 is 16.8 Å². The van der Waals surface area contributed by atoms with Gasteiger partial charge < -0.3 is 26.0 Å². The molecule has 8 rings (SSSR count). The van der Waals surface area contributed by atoms with Gasteiger partial charge in [0.15, 0.2) is 5.82 Å². The van der Waals surface area contributed by atoms with Gasteiger partial charge in [-0.2, -0.15) is 5.10 Å². The summed E-state index contributed by atoms with van der Waals surface area (Å²) < 4.78 is 3.93. The molecule has 0 radical (unpaired) electrons. The van der Waals surface area contributed by atoms with Crippen LogP contribution in [0, 0.1) is 5.92 Å². The second-order valence-corrected chi connectivity index (χ2v) is 13.6. The first kappa shape index (κ1) is 32.4. The zero-order valence-corrected chi connectivity index (χ0v) is 28.2. The molecule has 13 nitrogen and oxygen atoms in total. The van der Waals surface area contributed by atoms with Gasteiger partial charge in [-0.05, 0) is 93.6 Å². The van der Waals surface area contributed by atoms with E-state index < -0.39 is 6.04 Å². The van der Waals surface area contributed by atoms with Gasteiger partial charge in [0.25, 0.3) is 0 Å². The number of likely N-dealkylation sites (tertiary alicyclic amines) is 1. The first-order valence-electron chi connectivity index (χ1n) is 17.5. The Morgan fingerprint density at radius 3 is 2.53 bits per heavy atom. The molecule has 4 aromatic heterocycles. The van der Waals surface area contributed by atoms with Gasteiger partial charge in [0, 0.05) is 46.6 Å². The number of carbonyl (C=O) groups excluding carboxylic acids is 2. The Balaban J connectivity index is 0.881. The number of benzene rings is 2. The van der Waals surface area contributed by atoms with E-state index >= 15 is 0 Å². The van der Waals surface area contributed by atoms with Gasteiger partial charge in [0.05, 0.1) is 17.4 Å². The molecule has 0 aliphatic carbocycles. The minimum Gasteiger partial charge on any atom is -0.507 e. The second kappa shape index (κ2) is 13.5. The molecule has 51 heavy (non-hydrogen) atoms. The van der Waals surface area contributed by atoms with Gasteiger partial charge >= 0.3 is 0 Å². The third-order valence-electron chi connectivity index (χ3n) is 10.3. The molecule has 0 bridgehead atoms. The zero-order chi connectivity index (χ0) is 35.1. The number of anilines is 2. The summed E-state index contributed by atoms with van der Waals surface area (Å²) in [7, 11) is 0. The highest BCUT2D eigenvalue weighted by molar-refractivity contribution is 6.09. The molecule has 1 atom stereocenters. The molecule has 2 fully saturated rings. The normalized spacial score (nSPS) is 17.4. The highest BCUT2D eigenvalue weighted by Crippen LogP contribution is 2.36. The number of nitrogens with one attached hydrogen (secondary N) is 1. The number of nitrogen functional groups attached to an aromatic ring is 2. The number of nitrogens with zero attached hydrogens (tertiary/aromatic N) is 7. The number of aromatic hydroxyl groups is 1. The molecule has 1 unspecified atom stereocenters. The van der Waals surface area contributed by atoms with E-state index in [1.54, 1.807) is 18.2 Å². The predicted octanol–water partition coefficient (Wildman–Crippen LogP) is 4.70. The number of para-hydroxylation sites is 2. The van der Waals surface area contributed by atoms with E-state index in [1.807, 2.05) is 52.0 Å². The van der Waals surface area contributed by atoms with Crippen molar-refractivity contribution in [2.24, 2.45) is 5.92 Å². The van der Waals surface area contributed by atoms with E-state index in [0.29, 0.717) is 47.3 Å². The highest BCUT2D eigenvalue weighted by Gasteiger charge is 2.31. The monoisotopic (exact) mass is 684 g/mol. The molecule has 2 aromatic carbocycles. The number of imide groups is 1. The summed E-state index contributed by atoms with van der Waals surface area (Å²) >= 11 is 0. The van der Waals surface area contributed by atoms with Crippen molar-refractivity contribution in [3.8, 4) is 28.1 Å². The van der Waals surface area contributed by atoms with Crippen LogP contribution in [0.4, 0.5) is 11.6 Å². The minimum absolute atomic E-state index is 0.139. The summed E-state index contributed by atoms with van der Waals surface area (Å²) in [5, 5.41) is 27.7. The van der Waals surface area contributed by atoms with Crippen molar-refractivity contribution in [2.75, 3.05) is 31.1 Å². The van der Waals surface area contributed by atoms with Crippen LogP contribution in [-0.2, 0) is 22.6 Å². The number of hydrogen-bond donors (Lipinski definition) is 4. The fraction of sp³-hybridized carbons (Fsp3) is 0.316. The second-order valence-electron chi connectivity index (χ2n) is 13.6. The van der Waals surface area contributed by atoms with Crippen LogP contribution in [0.5, 0.6) is 5.75 Å². The summed E-state index contributed by atoms with van der Waals surface area (Å²) in [4.78, 5) is 32.0. The first-order valence-corrected chi connectivity index (χ1v) is 17.5. The molecular formula is C38H40N10O3. The molecule has 13 heteroatoms. The van der Waals surface area contributed by atoms with Gasteiger partial charge in [-0.25, -0.2) is 4.98 Å². The maximum atomic E-state index is 12.8. The van der Waals surface area contributed by atoms with Crippen LogP contribution in [0.25, 0.3) is 44.3 Å². The standard InChI is InChI=1S/C38H40N10O3/c39-35-24(18-29-26-7-1-3-9-31(26)48(37(29)43-35)32-11-12-34(50)42-38(32)51)6-5-15-46-16-13-23(14-17-46)21-47-22-25(20-41-47)28-19-30(44-45-36(28)40)27-8-2-4-10-33(27)49/h1-4,7-10,18-20,22-23,32,49H,5-6,11-17,21H2,(H2,39,43)(H2,40,45)(H,42,50,51). The molecule has 2 aliphatic rings. The van der Waals surface area contributed by atoms with E-state index in [4.69, 9.17) is 16.5 Å². The number of rotatable bonds is 9. The van der Waals surface area contributed by atoms with E-state index in [9.17, 15) is 14.7 Å². The Labute approximate surface area is 294 Å². The van der Waals surface area contributed by atoms with Crippen molar-refractivity contribution in [2.45, 2.75) is 51.1 Å². The number of phenolic OH excluding ortho intramolecular Hbond substituents is 1. The van der Waals surface area contributed by atoms with Crippen LogP contribution in [0.1, 0.15) is 43.7 Å². The lowest BCUT2D eigenvalue weighted by Crippen LogP contribution is -2.41. The Morgan fingerprint density at radius 1 is 0.902 bits per heavy atom. The number of aryl methyl sites for hydroxylation is 1. The Morgan fingerprint density at radius 2 is 1.71 bits per heavy atom. The van der Waals surface area contributed by atoms with Gasteiger partial charge in [-0.3, -0.25) is 19.6 Å². The van der Waals surface area contributed by atoms with Crippen LogP contribution in [0.3, 0.4) is 0 Å². The number of phenols is 1. The molecule has 2 aliphatic heterocycles. The van der Waals surface area contributed by atoms with Gasteiger partial charge in [0.2, 0.25) is 11.8 Å². The SMILES string of the molecule is Nc1nc2c(cc1CCCN1CCC(Cn3cc(-c4cc(-c5ccccc5O)nnc4N)cn3)CC1)c1ccccc1n2C1CCC(=O)NC1=O. The number of piperidine rings is 2. The quantitative estimate of drug-likeness (QED) is 0.156. The van der Waals surface area contributed by atoms with E-state index in [2.05, 4.69) is 37.6 Å².